The van der Waals surface area contributed by atoms with E-state index in [2.05, 4.69) is 10.6 Å². The summed E-state index contributed by atoms with van der Waals surface area (Å²) in [4.78, 5) is 12.1. The van der Waals surface area contributed by atoms with Gasteiger partial charge in [0.15, 0.2) is 5.72 Å². The number of halogens is 1. The van der Waals surface area contributed by atoms with Gasteiger partial charge in [0.05, 0.1) is 6.04 Å². The summed E-state index contributed by atoms with van der Waals surface area (Å²) < 4.78 is 5.38. The first kappa shape index (κ1) is 17.0. The zero-order chi connectivity index (χ0) is 16.0. The first-order valence-corrected chi connectivity index (χ1v) is 7.76. The summed E-state index contributed by atoms with van der Waals surface area (Å²) in [5.41, 5.74) is 6.00. The minimum absolute atomic E-state index is 0.0503. The number of aliphatic hydroxyl groups excluding tert-OH is 1. The predicted octanol–water partition coefficient (Wildman–Crippen LogP) is 1.53. The quantitative estimate of drug-likeness (QED) is 0.615. The second-order valence-electron chi connectivity index (χ2n) is 5.47. The molecule has 1 saturated heterocycles. The Kier molecular flexibility index (Phi) is 6.02. The summed E-state index contributed by atoms with van der Waals surface area (Å²) in [6, 6.07) is 6.76. The van der Waals surface area contributed by atoms with Gasteiger partial charge in [0, 0.05) is 37.6 Å². The van der Waals surface area contributed by atoms with Crippen molar-refractivity contribution in [3.8, 4) is 0 Å². The third-order valence-corrected chi connectivity index (χ3v) is 3.98. The average Bonchev–Trinajstić information content (AvgIpc) is 2.48. The largest absolute Gasteiger partial charge is 0.428 e. The van der Waals surface area contributed by atoms with Crippen LogP contribution in [-0.2, 0) is 4.74 Å². The number of aliphatic hydroxyl groups is 1. The number of alkyl carbamates (subject to hydrolysis) is 1. The number of ether oxygens (including phenoxy) is 1. The van der Waals surface area contributed by atoms with Crippen molar-refractivity contribution in [2.75, 3.05) is 19.7 Å². The van der Waals surface area contributed by atoms with Crippen LogP contribution in [-0.4, -0.2) is 36.6 Å². The number of carbonyl (C=O) groups is 1. The van der Waals surface area contributed by atoms with Crippen molar-refractivity contribution >= 4 is 17.7 Å². The van der Waals surface area contributed by atoms with Crippen LogP contribution in [0.2, 0.25) is 5.02 Å². The van der Waals surface area contributed by atoms with Crippen molar-refractivity contribution in [2.24, 2.45) is 5.73 Å². The molecular formula is C15H22ClN3O3. The third kappa shape index (κ3) is 4.84. The fourth-order valence-electron chi connectivity index (χ4n) is 2.45. The van der Waals surface area contributed by atoms with Crippen LogP contribution >= 0.6 is 11.6 Å². The van der Waals surface area contributed by atoms with E-state index in [1.54, 1.807) is 12.1 Å². The number of nitrogens with one attached hydrogen (secondary N) is 2. The molecule has 0 unspecified atom stereocenters. The van der Waals surface area contributed by atoms with E-state index < -0.39 is 11.8 Å². The van der Waals surface area contributed by atoms with Gasteiger partial charge in [0.2, 0.25) is 0 Å². The van der Waals surface area contributed by atoms with Crippen molar-refractivity contribution in [2.45, 2.75) is 31.0 Å². The summed E-state index contributed by atoms with van der Waals surface area (Å²) in [7, 11) is 0. The fraction of sp³-hybridized carbons (Fsp3) is 0.533. The van der Waals surface area contributed by atoms with Crippen molar-refractivity contribution < 1.29 is 14.6 Å². The minimum atomic E-state index is -0.931. The van der Waals surface area contributed by atoms with E-state index in [0.717, 1.165) is 18.7 Å². The molecule has 1 fully saturated rings. The molecule has 1 heterocycles. The lowest BCUT2D eigenvalue weighted by Gasteiger charge is -2.33. The number of piperidine rings is 1. The standard InChI is InChI=1S/C15H22ClN3O3/c16-12-3-1-11(2-4-12)13(5-10-20)19-14(21)22-15(17)6-8-18-9-7-15/h1-4,13,18,20H,5-10,17H2,(H,19,21)/t13-/m0/s1. The van der Waals surface area contributed by atoms with Crippen LogP contribution in [0.1, 0.15) is 30.9 Å². The van der Waals surface area contributed by atoms with E-state index in [-0.39, 0.29) is 12.6 Å². The molecule has 6 nitrogen and oxygen atoms in total. The number of benzene rings is 1. The Bertz CT molecular complexity index is 489. The number of hydrogen-bond donors (Lipinski definition) is 4. The highest BCUT2D eigenvalue weighted by molar-refractivity contribution is 6.30. The Balaban J connectivity index is 1.97. The van der Waals surface area contributed by atoms with Crippen LogP contribution in [0, 0.1) is 0 Å². The van der Waals surface area contributed by atoms with E-state index >= 15 is 0 Å². The smallest absolute Gasteiger partial charge is 0.409 e. The number of amides is 1. The summed E-state index contributed by atoms with van der Waals surface area (Å²) in [6.07, 6.45) is 0.964. The monoisotopic (exact) mass is 327 g/mol. The highest BCUT2D eigenvalue weighted by atomic mass is 35.5. The molecule has 22 heavy (non-hydrogen) atoms. The first-order valence-electron chi connectivity index (χ1n) is 7.38. The SMILES string of the molecule is NC1(OC(=O)N[C@@H](CCO)c2ccc(Cl)cc2)CCNCC1. The molecule has 5 N–H and O–H groups in total. The average molecular weight is 328 g/mol. The van der Waals surface area contributed by atoms with Gasteiger partial charge in [-0.3, -0.25) is 5.73 Å². The maximum atomic E-state index is 12.1. The number of carbonyl (C=O) groups excluding carboxylic acids is 1. The van der Waals surface area contributed by atoms with Gasteiger partial charge in [-0.15, -0.1) is 0 Å². The van der Waals surface area contributed by atoms with E-state index in [4.69, 9.17) is 22.1 Å². The molecular weight excluding hydrogens is 306 g/mol. The van der Waals surface area contributed by atoms with Crippen LogP contribution in [0.15, 0.2) is 24.3 Å². The second kappa shape index (κ2) is 7.78. The topological polar surface area (TPSA) is 96.6 Å². The lowest BCUT2D eigenvalue weighted by Crippen LogP contribution is -2.53. The molecule has 1 amide bonds. The summed E-state index contributed by atoms with van der Waals surface area (Å²) in [5, 5.41) is 15.7. The molecule has 2 rings (SSSR count). The molecule has 1 aromatic rings. The fourth-order valence-corrected chi connectivity index (χ4v) is 2.58. The number of nitrogens with two attached hydrogens (primary N) is 1. The predicted molar refractivity (Wildman–Crippen MR) is 84.5 cm³/mol. The lowest BCUT2D eigenvalue weighted by molar-refractivity contribution is -0.00846. The zero-order valence-corrected chi connectivity index (χ0v) is 13.1. The van der Waals surface area contributed by atoms with Gasteiger partial charge in [0.1, 0.15) is 0 Å². The molecule has 0 spiro atoms. The molecule has 1 aromatic carbocycles. The van der Waals surface area contributed by atoms with Crippen molar-refractivity contribution in [3.05, 3.63) is 34.9 Å². The van der Waals surface area contributed by atoms with Gasteiger partial charge in [-0.25, -0.2) is 4.79 Å². The van der Waals surface area contributed by atoms with Crippen LogP contribution < -0.4 is 16.4 Å². The molecule has 0 aromatic heterocycles. The van der Waals surface area contributed by atoms with Gasteiger partial charge in [-0.2, -0.15) is 0 Å². The van der Waals surface area contributed by atoms with E-state index in [9.17, 15) is 9.90 Å². The molecule has 0 aliphatic carbocycles. The molecule has 1 aliphatic heterocycles. The van der Waals surface area contributed by atoms with E-state index in [0.29, 0.717) is 24.3 Å². The van der Waals surface area contributed by atoms with Crippen molar-refractivity contribution in [1.29, 1.82) is 0 Å². The van der Waals surface area contributed by atoms with Gasteiger partial charge in [-0.1, -0.05) is 23.7 Å². The van der Waals surface area contributed by atoms with Crippen molar-refractivity contribution in [1.82, 2.24) is 10.6 Å². The molecule has 1 atom stereocenters. The van der Waals surface area contributed by atoms with Gasteiger partial charge < -0.3 is 20.5 Å². The van der Waals surface area contributed by atoms with Crippen LogP contribution in [0.25, 0.3) is 0 Å². The lowest BCUT2D eigenvalue weighted by atomic mass is 10.0. The first-order chi connectivity index (χ1) is 10.5. The highest BCUT2D eigenvalue weighted by Gasteiger charge is 2.32. The molecule has 1 aliphatic rings. The number of hydrogen-bond acceptors (Lipinski definition) is 5. The summed E-state index contributed by atoms with van der Waals surface area (Å²) in [6.45, 7) is 1.40. The molecule has 122 valence electrons. The zero-order valence-electron chi connectivity index (χ0n) is 12.3. The Hall–Kier alpha value is -1.34. The maximum Gasteiger partial charge on any atom is 0.409 e. The normalized spacial score (nSPS) is 18.5. The Labute approximate surface area is 135 Å². The van der Waals surface area contributed by atoms with Crippen LogP contribution in [0.4, 0.5) is 4.79 Å². The minimum Gasteiger partial charge on any atom is -0.428 e. The van der Waals surface area contributed by atoms with Crippen molar-refractivity contribution in [3.63, 3.8) is 0 Å². The summed E-state index contributed by atoms with van der Waals surface area (Å²) >= 11 is 5.86. The Morgan fingerprint density at radius 3 is 2.64 bits per heavy atom. The molecule has 0 radical (unpaired) electrons. The van der Waals surface area contributed by atoms with Crippen LogP contribution in [0.3, 0.4) is 0 Å². The van der Waals surface area contributed by atoms with Gasteiger partial charge >= 0.3 is 6.09 Å². The Morgan fingerprint density at radius 2 is 2.05 bits per heavy atom. The van der Waals surface area contributed by atoms with E-state index in [1.165, 1.54) is 0 Å². The molecule has 0 bridgehead atoms. The highest BCUT2D eigenvalue weighted by Crippen LogP contribution is 2.21. The Morgan fingerprint density at radius 1 is 1.41 bits per heavy atom. The van der Waals surface area contributed by atoms with Gasteiger partial charge in [0.25, 0.3) is 0 Å². The maximum absolute atomic E-state index is 12.1. The van der Waals surface area contributed by atoms with Gasteiger partial charge in [-0.05, 0) is 24.1 Å². The molecule has 0 saturated carbocycles. The van der Waals surface area contributed by atoms with E-state index in [1.807, 2.05) is 12.1 Å². The second-order valence-corrected chi connectivity index (χ2v) is 5.90. The third-order valence-electron chi connectivity index (χ3n) is 3.73. The van der Waals surface area contributed by atoms with Crippen LogP contribution in [0.5, 0.6) is 0 Å². The number of rotatable bonds is 5. The molecule has 7 heteroatoms. The summed E-state index contributed by atoms with van der Waals surface area (Å²) in [5.74, 6) is 0.